The van der Waals surface area contributed by atoms with E-state index in [0.29, 0.717) is 11.4 Å². The average Bonchev–Trinajstić information content (AvgIpc) is 2.72. The normalized spacial score (nSPS) is 10.1. The van der Waals surface area contributed by atoms with Crippen LogP contribution < -0.4 is 0 Å². The molecule has 0 spiro atoms. The molecule has 6 heteroatoms. The summed E-state index contributed by atoms with van der Waals surface area (Å²) in [6.07, 6.45) is 1.90. The van der Waals surface area contributed by atoms with Gasteiger partial charge in [0.25, 0.3) is 5.91 Å². The van der Waals surface area contributed by atoms with Crippen LogP contribution in [0.15, 0.2) is 16.3 Å². The molecule has 0 saturated carbocycles. The Bertz CT molecular complexity index is 389. The second kappa shape index (κ2) is 5.91. The summed E-state index contributed by atoms with van der Waals surface area (Å²) in [4.78, 5) is 25.5. The van der Waals surface area contributed by atoms with Gasteiger partial charge in [0.1, 0.15) is 11.4 Å². The molecule has 1 heterocycles. The molecule has 1 N–H and O–H groups in total. The van der Waals surface area contributed by atoms with Crippen LogP contribution in [0.1, 0.15) is 16.6 Å². The van der Waals surface area contributed by atoms with E-state index >= 15 is 0 Å². The van der Waals surface area contributed by atoms with Gasteiger partial charge >= 0.3 is 5.97 Å². The lowest BCUT2D eigenvalue weighted by Crippen LogP contribution is -2.35. The van der Waals surface area contributed by atoms with Crippen LogP contribution in [-0.4, -0.2) is 41.2 Å². The molecule has 0 radical (unpaired) electrons. The maximum Gasteiger partial charge on any atom is 0.323 e. The molecule has 0 unspecified atom stereocenters. The van der Waals surface area contributed by atoms with E-state index in [0.717, 1.165) is 4.90 Å². The van der Waals surface area contributed by atoms with Crippen LogP contribution >= 0.6 is 23.1 Å². The van der Waals surface area contributed by atoms with E-state index in [-0.39, 0.29) is 12.5 Å². The number of likely N-dealkylation sites (N-methyl/N-ethyl adjacent to an activating group) is 1. The summed E-state index contributed by atoms with van der Waals surface area (Å²) in [5.41, 5.74) is 0. The van der Waals surface area contributed by atoms with E-state index < -0.39 is 5.97 Å². The standard InChI is InChI=1S/C10H13NO3S2/c1-3-11(6-8(12)13)10(14)9-7(15-2)4-5-16-9/h4-5H,3,6H2,1-2H3,(H,12,13). The summed E-state index contributed by atoms with van der Waals surface area (Å²) >= 11 is 2.84. The van der Waals surface area contributed by atoms with Crippen LogP contribution in [-0.2, 0) is 4.79 Å². The quantitative estimate of drug-likeness (QED) is 0.822. The molecule has 0 aromatic carbocycles. The highest BCUT2D eigenvalue weighted by molar-refractivity contribution is 7.98. The predicted molar refractivity (Wildman–Crippen MR) is 65.3 cm³/mol. The van der Waals surface area contributed by atoms with Gasteiger partial charge in [-0.05, 0) is 24.6 Å². The third kappa shape index (κ3) is 2.99. The first-order valence-corrected chi connectivity index (χ1v) is 6.83. The highest BCUT2D eigenvalue weighted by Crippen LogP contribution is 2.26. The maximum atomic E-state index is 12.0. The zero-order valence-electron chi connectivity index (χ0n) is 9.10. The fourth-order valence-corrected chi connectivity index (χ4v) is 2.96. The van der Waals surface area contributed by atoms with Crippen molar-refractivity contribution in [2.45, 2.75) is 11.8 Å². The number of thioether (sulfide) groups is 1. The summed E-state index contributed by atoms with van der Waals surface area (Å²) in [5.74, 6) is -1.19. The Morgan fingerprint density at radius 1 is 1.56 bits per heavy atom. The molecule has 4 nitrogen and oxygen atoms in total. The Kier molecular flexibility index (Phi) is 4.82. The van der Waals surface area contributed by atoms with Crippen molar-refractivity contribution in [1.29, 1.82) is 0 Å². The van der Waals surface area contributed by atoms with Crippen LogP contribution in [0.2, 0.25) is 0 Å². The van der Waals surface area contributed by atoms with Crippen LogP contribution in [0.25, 0.3) is 0 Å². The first-order chi connectivity index (χ1) is 7.60. The number of carbonyl (C=O) groups excluding carboxylic acids is 1. The molecule has 0 saturated heterocycles. The SMILES string of the molecule is CCN(CC(=O)O)C(=O)c1sccc1SC. The number of carbonyl (C=O) groups is 2. The third-order valence-corrected chi connectivity index (χ3v) is 3.85. The van der Waals surface area contributed by atoms with E-state index in [2.05, 4.69) is 0 Å². The van der Waals surface area contributed by atoms with Crippen molar-refractivity contribution in [2.24, 2.45) is 0 Å². The number of thiophene rings is 1. The minimum absolute atomic E-state index is 0.204. The van der Waals surface area contributed by atoms with E-state index in [4.69, 9.17) is 5.11 Å². The van der Waals surface area contributed by atoms with Crippen molar-refractivity contribution in [2.75, 3.05) is 19.3 Å². The molecule has 1 amide bonds. The molecule has 0 aliphatic heterocycles. The van der Waals surface area contributed by atoms with Gasteiger partial charge in [0, 0.05) is 11.4 Å². The highest BCUT2D eigenvalue weighted by Gasteiger charge is 2.20. The van der Waals surface area contributed by atoms with Crippen molar-refractivity contribution in [3.63, 3.8) is 0 Å². The van der Waals surface area contributed by atoms with Crippen LogP contribution in [0, 0.1) is 0 Å². The van der Waals surface area contributed by atoms with Crippen molar-refractivity contribution in [3.05, 3.63) is 16.3 Å². The molecule has 0 bridgehead atoms. The van der Waals surface area contributed by atoms with Crippen molar-refractivity contribution < 1.29 is 14.7 Å². The molecule has 0 aliphatic carbocycles. The minimum atomic E-state index is -0.988. The van der Waals surface area contributed by atoms with Gasteiger partial charge in [-0.2, -0.15) is 0 Å². The lowest BCUT2D eigenvalue weighted by Gasteiger charge is -2.18. The fourth-order valence-electron chi connectivity index (χ4n) is 1.25. The van der Waals surface area contributed by atoms with Crippen molar-refractivity contribution in [1.82, 2.24) is 4.90 Å². The van der Waals surface area contributed by atoms with E-state index in [1.807, 2.05) is 17.7 Å². The largest absolute Gasteiger partial charge is 0.480 e. The number of carboxylic acid groups (broad SMARTS) is 1. The first-order valence-electron chi connectivity index (χ1n) is 4.72. The summed E-state index contributed by atoms with van der Waals surface area (Å²) in [5, 5.41) is 10.5. The van der Waals surface area contributed by atoms with Gasteiger partial charge in [-0.1, -0.05) is 0 Å². The van der Waals surface area contributed by atoms with Gasteiger partial charge in [0.05, 0.1) is 0 Å². The van der Waals surface area contributed by atoms with E-state index in [1.165, 1.54) is 28.0 Å². The Morgan fingerprint density at radius 3 is 2.75 bits per heavy atom. The van der Waals surface area contributed by atoms with Crippen molar-refractivity contribution in [3.8, 4) is 0 Å². The first kappa shape index (κ1) is 13.1. The summed E-state index contributed by atoms with van der Waals surface area (Å²) in [6, 6.07) is 1.87. The van der Waals surface area contributed by atoms with Gasteiger partial charge in [0.2, 0.25) is 0 Å². The average molecular weight is 259 g/mol. The summed E-state index contributed by atoms with van der Waals surface area (Å²) in [6.45, 7) is 1.92. The Balaban J connectivity index is 2.86. The molecule has 1 rings (SSSR count). The number of hydrogen-bond acceptors (Lipinski definition) is 4. The summed E-state index contributed by atoms with van der Waals surface area (Å²) in [7, 11) is 0. The molecular weight excluding hydrogens is 246 g/mol. The molecule has 1 aromatic heterocycles. The van der Waals surface area contributed by atoms with Crippen LogP contribution in [0.5, 0.6) is 0 Å². The number of amides is 1. The second-order valence-electron chi connectivity index (χ2n) is 3.03. The molecule has 0 atom stereocenters. The van der Waals surface area contributed by atoms with Crippen molar-refractivity contribution >= 4 is 35.0 Å². The fraction of sp³-hybridized carbons (Fsp3) is 0.400. The van der Waals surface area contributed by atoms with Gasteiger partial charge < -0.3 is 10.0 Å². The molecule has 16 heavy (non-hydrogen) atoms. The number of aliphatic carboxylic acids is 1. The lowest BCUT2D eigenvalue weighted by atomic mass is 10.3. The second-order valence-corrected chi connectivity index (χ2v) is 4.80. The Hall–Kier alpha value is -1.01. The Labute approximate surface area is 102 Å². The minimum Gasteiger partial charge on any atom is -0.480 e. The molecule has 88 valence electrons. The number of carboxylic acids is 1. The zero-order chi connectivity index (χ0) is 12.1. The summed E-state index contributed by atoms with van der Waals surface area (Å²) < 4.78 is 0. The van der Waals surface area contributed by atoms with E-state index in [9.17, 15) is 9.59 Å². The van der Waals surface area contributed by atoms with Gasteiger partial charge in [0.15, 0.2) is 0 Å². The zero-order valence-corrected chi connectivity index (χ0v) is 10.7. The molecule has 1 aromatic rings. The van der Waals surface area contributed by atoms with Gasteiger partial charge in [-0.3, -0.25) is 9.59 Å². The number of rotatable bonds is 5. The highest BCUT2D eigenvalue weighted by atomic mass is 32.2. The van der Waals surface area contributed by atoms with Gasteiger partial charge in [-0.15, -0.1) is 23.1 Å². The number of hydrogen-bond donors (Lipinski definition) is 1. The predicted octanol–water partition coefficient (Wildman–Crippen LogP) is 2.02. The topological polar surface area (TPSA) is 57.6 Å². The maximum absolute atomic E-state index is 12.0. The van der Waals surface area contributed by atoms with E-state index in [1.54, 1.807) is 6.92 Å². The Morgan fingerprint density at radius 2 is 2.25 bits per heavy atom. The van der Waals surface area contributed by atoms with Crippen LogP contribution in [0.4, 0.5) is 0 Å². The molecule has 0 aliphatic rings. The van der Waals surface area contributed by atoms with Gasteiger partial charge in [-0.25, -0.2) is 0 Å². The lowest BCUT2D eigenvalue weighted by molar-refractivity contribution is -0.137. The van der Waals surface area contributed by atoms with Crippen LogP contribution in [0.3, 0.4) is 0 Å². The number of nitrogens with zero attached hydrogens (tertiary/aromatic N) is 1. The third-order valence-electron chi connectivity index (χ3n) is 2.04. The molecular formula is C10H13NO3S2. The smallest absolute Gasteiger partial charge is 0.323 e. The monoisotopic (exact) mass is 259 g/mol. The molecule has 0 fully saturated rings.